The quantitative estimate of drug-likeness (QED) is 0.396. The molecule has 10 nitrogen and oxygen atoms in total. The van der Waals surface area contributed by atoms with Gasteiger partial charge >= 0.3 is 0 Å². The molecule has 2 unspecified atom stereocenters. The molecule has 41 heavy (non-hydrogen) atoms. The summed E-state index contributed by atoms with van der Waals surface area (Å²) in [6.45, 7) is 3.73. The van der Waals surface area contributed by atoms with Crippen LogP contribution in [0, 0.1) is 11.8 Å². The summed E-state index contributed by atoms with van der Waals surface area (Å²) in [5, 5.41) is 16.6. The fraction of sp³-hybridized carbons (Fsp3) is 0.516. The van der Waals surface area contributed by atoms with Crippen molar-refractivity contribution < 1.29 is 29.0 Å². The van der Waals surface area contributed by atoms with Crippen molar-refractivity contribution in [3.8, 4) is 0 Å². The zero-order valence-electron chi connectivity index (χ0n) is 23.1. The predicted molar refractivity (Wildman–Crippen MR) is 151 cm³/mol. The molecule has 4 heterocycles. The second-order valence-electron chi connectivity index (χ2n) is 11.4. The van der Waals surface area contributed by atoms with Gasteiger partial charge in [0.25, 0.3) is 0 Å². The van der Waals surface area contributed by atoms with Crippen molar-refractivity contribution in [1.29, 1.82) is 0 Å². The number of amides is 3. The zero-order chi connectivity index (χ0) is 28.4. The van der Waals surface area contributed by atoms with Crippen LogP contribution in [0.3, 0.4) is 0 Å². The molecule has 10 heteroatoms. The highest BCUT2D eigenvalue weighted by Gasteiger charge is 2.75. The van der Waals surface area contributed by atoms with Gasteiger partial charge in [-0.05, 0) is 37.0 Å². The largest absolute Gasteiger partial charge is 0.394 e. The Hall–Kier alpha value is -3.31. The third kappa shape index (κ3) is 5.25. The molecule has 0 aliphatic carbocycles. The molecule has 218 valence electrons. The van der Waals surface area contributed by atoms with Crippen molar-refractivity contribution in [2.45, 2.75) is 43.1 Å². The lowest BCUT2D eigenvalue weighted by molar-refractivity contribution is -0.145. The SMILES string of the molecule is O=C(NCCN1CCOCC1)C1N([C@@H](CO)Cc2ccccc2)C(=O)[C@@H]2[C@@H](C(=O)Nc3ccccc3)[C@H]3CCC12O3. The summed E-state index contributed by atoms with van der Waals surface area (Å²) in [6, 6.07) is 17.2. The lowest BCUT2D eigenvalue weighted by Gasteiger charge is -2.37. The average molecular weight is 563 g/mol. The molecule has 0 saturated carbocycles. The Kier molecular flexibility index (Phi) is 8.07. The third-order valence-corrected chi connectivity index (χ3v) is 9.08. The van der Waals surface area contributed by atoms with E-state index in [0.717, 1.165) is 18.7 Å². The minimum Gasteiger partial charge on any atom is -0.394 e. The van der Waals surface area contributed by atoms with E-state index in [1.165, 1.54) is 4.90 Å². The number of benzene rings is 2. The van der Waals surface area contributed by atoms with E-state index in [1.54, 1.807) is 12.1 Å². The first-order valence-electron chi connectivity index (χ1n) is 14.6. The number of nitrogens with zero attached hydrogens (tertiary/aromatic N) is 2. The number of aliphatic hydroxyl groups is 1. The first-order valence-corrected chi connectivity index (χ1v) is 14.6. The molecule has 2 aromatic rings. The number of ether oxygens (including phenoxy) is 2. The maximum Gasteiger partial charge on any atom is 0.245 e. The van der Waals surface area contributed by atoms with Gasteiger partial charge in [-0.3, -0.25) is 19.3 Å². The molecule has 4 aliphatic heterocycles. The highest BCUT2D eigenvalue weighted by atomic mass is 16.5. The number of anilines is 1. The monoisotopic (exact) mass is 562 g/mol. The fourth-order valence-electron chi connectivity index (χ4n) is 7.23. The van der Waals surface area contributed by atoms with Crippen LogP contribution in [0.25, 0.3) is 0 Å². The van der Waals surface area contributed by atoms with Gasteiger partial charge in [-0.25, -0.2) is 0 Å². The summed E-state index contributed by atoms with van der Waals surface area (Å²) in [6.07, 6.45) is 1.03. The number of aliphatic hydroxyl groups excluding tert-OH is 1. The molecule has 1 spiro atoms. The Morgan fingerprint density at radius 1 is 1.02 bits per heavy atom. The topological polar surface area (TPSA) is 120 Å². The van der Waals surface area contributed by atoms with E-state index in [1.807, 2.05) is 48.5 Å². The van der Waals surface area contributed by atoms with Crippen molar-refractivity contribution in [3.05, 3.63) is 66.2 Å². The Balaban J connectivity index is 1.28. The van der Waals surface area contributed by atoms with E-state index in [-0.39, 0.29) is 24.3 Å². The average Bonchev–Trinajstić information content (AvgIpc) is 3.65. The Labute approximate surface area is 240 Å². The summed E-state index contributed by atoms with van der Waals surface area (Å²) in [5.41, 5.74) is 0.475. The zero-order valence-corrected chi connectivity index (χ0v) is 23.1. The summed E-state index contributed by atoms with van der Waals surface area (Å²) >= 11 is 0. The van der Waals surface area contributed by atoms with E-state index in [4.69, 9.17) is 9.47 Å². The Morgan fingerprint density at radius 3 is 2.44 bits per heavy atom. The van der Waals surface area contributed by atoms with Gasteiger partial charge in [0.05, 0.1) is 43.8 Å². The summed E-state index contributed by atoms with van der Waals surface area (Å²) < 4.78 is 12.0. The van der Waals surface area contributed by atoms with Crippen LogP contribution in [-0.4, -0.2) is 102 Å². The second kappa shape index (κ2) is 11.9. The summed E-state index contributed by atoms with van der Waals surface area (Å²) in [7, 11) is 0. The smallest absolute Gasteiger partial charge is 0.245 e. The molecule has 0 aromatic heterocycles. The highest BCUT2D eigenvalue weighted by Crippen LogP contribution is 2.59. The van der Waals surface area contributed by atoms with E-state index < -0.39 is 35.6 Å². The van der Waals surface area contributed by atoms with Crippen LogP contribution in [0.15, 0.2) is 60.7 Å². The van der Waals surface area contributed by atoms with Gasteiger partial charge in [-0.1, -0.05) is 48.5 Å². The minimum absolute atomic E-state index is 0.280. The molecular weight excluding hydrogens is 524 g/mol. The number of nitrogens with one attached hydrogen (secondary N) is 2. The third-order valence-electron chi connectivity index (χ3n) is 9.08. The van der Waals surface area contributed by atoms with E-state index in [9.17, 15) is 19.5 Å². The first-order chi connectivity index (χ1) is 20.0. The normalized spacial score (nSPS) is 29.8. The van der Waals surface area contributed by atoms with E-state index >= 15 is 0 Å². The van der Waals surface area contributed by atoms with E-state index in [2.05, 4.69) is 15.5 Å². The van der Waals surface area contributed by atoms with Crippen LogP contribution in [0.4, 0.5) is 5.69 Å². The van der Waals surface area contributed by atoms with Gasteiger partial charge in [-0.15, -0.1) is 0 Å². The van der Waals surface area contributed by atoms with Gasteiger partial charge in [0, 0.05) is 31.9 Å². The fourth-order valence-corrected chi connectivity index (χ4v) is 7.23. The molecule has 6 rings (SSSR count). The number of fused-ring (bicyclic) bond motifs is 1. The van der Waals surface area contributed by atoms with Crippen LogP contribution in [0.5, 0.6) is 0 Å². The number of hydrogen-bond donors (Lipinski definition) is 3. The van der Waals surface area contributed by atoms with Gasteiger partial charge in [0.15, 0.2) is 0 Å². The van der Waals surface area contributed by atoms with Gasteiger partial charge in [0.2, 0.25) is 17.7 Å². The molecule has 2 aromatic carbocycles. The van der Waals surface area contributed by atoms with Crippen molar-refractivity contribution in [2.75, 3.05) is 51.3 Å². The summed E-state index contributed by atoms with van der Waals surface area (Å²) in [5.74, 6) is -2.40. The van der Waals surface area contributed by atoms with Crippen LogP contribution >= 0.6 is 0 Å². The molecule has 4 fully saturated rings. The molecule has 3 N–H and O–H groups in total. The molecule has 2 bridgehead atoms. The lowest BCUT2D eigenvalue weighted by Crippen LogP contribution is -2.59. The molecule has 4 aliphatic rings. The molecule has 0 radical (unpaired) electrons. The van der Waals surface area contributed by atoms with Crippen molar-refractivity contribution >= 4 is 23.4 Å². The van der Waals surface area contributed by atoms with Crippen LogP contribution in [0.2, 0.25) is 0 Å². The molecule has 4 saturated heterocycles. The van der Waals surface area contributed by atoms with Crippen LogP contribution in [0.1, 0.15) is 18.4 Å². The molecular formula is C31H38N4O6. The predicted octanol–water partition coefficient (Wildman–Crippen LogP) is 1.05. The maximum absolute atomic E-state index is 14.3. The number of carbonyl (C=O) groups excluding carboxylic acids is 3. The Morgan fingerprint density at radius 2 is 1.73 bits per heavy atom. The minimum atomic E-state index is -1.12. The second-order valence-corrected chi connectivity index (χ2v) is 11.4. The number of para-hydroxylation sites is 1. The number of carbonyl (C=O) groups is 3. The number of morpholine rings is 1. The van der Waals surface area contributed by atoms with Crippen molar-refractivity contribution in [2.24, 2.45) is 11.8 Å². The van der Waals surface area contributed by atoms with Gasteiger partial charge in [0.1, 0.15) is 11.6 Å². The molecule has 3 amide bonds. The maximum atomic E-state index is 14.3. The molecule has 6 atom stereocenters. The van der Waals surface area contributed by atoms with Crippen LogP contribution < -0.4 is 10.6 Å². The van der Waals surface area contributed by atoms with Crippen molar-refractivity contribution in [1.82, 2.24) is 15.1 Å². The van der Waals surface area contributed by atoms with Crippen molar-refractivity contribution in [3.63, 3.8) is 0 Å². The van der Waals surface area contributed by atoms with Gasteiger partial charge in [-0.2, -0.15) is 0 Å². The Bertz CT molecular complexity index is 1240. The number of hydrogen-bond acceptors (Lipinski definition) is 7. The number of likely N-dealkylation sites (tertiary alicyclic amines) is 1. The number of rotatable bonds is 10. The standard InChI is InChI=1S/C31H38N4O6/c36-20-23(19-21-7-3-1-4-8-21)35-27(29(38)32-13-14-34-15-17-40-18-16-34)31-12-11-24(41-31)25(26(31)30(35)39)28(37)33-22-9-5-2-6-10-22/h1-10,23-27,36H,11-20H2,(H,32,38)(H,33,37)/t23-,24-,25+,26+,27?,31?/m1/s1. The van der Waals surface area contributed by atoms with Gasteiger partial charge < -0.3 is 30.1 Å². The van der Waals surface area contributed by atoms with Crippen LogP contribution in [-0.2, 0) is 30.3 Å². The highest BCUT2D eigenvalue weighted by molar-refractivity contribution is 6.02. The summed E-state index contributed by atoms with van der Waals surface area (Å²) in [4.78, 5) is 45.7. The van der Waals surface area contributed by atoms with E-state index in [0.29, 0.717) is 51.3 Å². The lowest BCUT2D eigenvalue weighted by atomic mass is 9.70. The first kappa shape index (κ1) is 27.8.